The molecule has 0 fully saturated rings. The Kier molecular flexibility index (Phi) is 8.56. The van der Waals surface area contributed by atoms with E-state index in [-0.39, 0.29) is 5.41 Å². The highest BCUT2D eigenvalue weighted by atomic mass is 16.3. The van der Waals surface area contributed by atoms with Crippen LogP contribution in [-0.4, -0.2) is 4.57 Å². The molecule has 312 valence electrons. The normalized spacial score (nSPS) is 12.8. The number of fused-ring (bicyclic) bond motifs is 9. The first-order valence-electron chi connectivity index (χ1n) is 22.8. The smallest absolute Gasteiger partial charge is 0.143 e. The van der Waals surface area contributed by atoms with Crippen LogP contribution in [0.3, 0.4) is 0 Å². The highest BCUT2D eigenvalue weighted by Gasteiger charge is 2.35. The molecule has 0 atom stereocenters. The molecule has 12 aromatic rings. The largest absolute Gasteiger partial charge is 0.455 e. The molecule has 0 N–H and O–H groups in total. The molecule has 0 aliphatic heterocycles. The Morgan fingerprint density at radius 2 is 0.803 bits per heavy atom. The lowest BCUT2D eigenvalue weighted by Gasteiger charge is -2.28. The SMILES string of the molecule is CC1(C)c2ccccc2-c2ccc(N(c3ccc(-c4ccccc4-n4c5ccccc5c5ccccc54)cc3)c3ccc(-c4cccc5c4oc4c(-c6ccccc6)cccc45)cc3)cc21. The lowest BCUT2D eigenvalue weighted by molar-refractivity contribution is 0.660. The van der Waals surface area contributed by atoms with Gasteiger partial charge < -0.3 is 13.9 Å². The van der Waals surface area contributed by atoms with Gasteiger partial charge >= 0.3 is 0 Å². The zero-order valence-corrected chi connectivity index (χ0v) is 36.7. The van der Waals surface area contributed by atoms with Crippen LogP contribution in [0.5, 0.6) is 0 Å². The number of hydrogen-bond donors (Lipinski definition) is 0. The summed E-state index contributed by atoms with van der Waals surface area (Å²) in [4.78, 5) is 2.40. The second kappa shape index (κ2) is 14.8. The molecular weight excluding hydrogens is 801 g/mol. The van der Waals surface area contributed by atoms with Crippen LogP contribution in [0.15, 0.2) is 235 Å². The molecule has 3 nitrogen and oxygen atoms in total. The maximum absolute atomic E-state index is 6.84. The van der Waals surface area contributed by atoms with Gasteiger partial charge in [0.05, 0.1) is 16.7 Å². The predicted octanol–water partition coefficient (Wildman–Crippen LogP) is 17.5. The first-order chi connectivity index (χ1) is 32.5. The molecule has 0 spiro atoms. The Hall–Kier alpha value is -8.40. The zero-order chi connectivity index (χ0) is 43.9. The summed E-state index contributed by atoms with van der Waals surface area (Å²) < 4.78 is 9.26. The van der Waals surface area contributed by atoms with Crippen LogP contribution in [0.4, 0.5) is 17.1 Å². The van der Waals surface area contributed by atoms with E-state index in [9.17, 15) is 0 Å². The van der Waals surface area contributed by atoms with Crippen molar-refractivity contribution in [2.75, 3.05) is 4.90 Å². The minimum atomic E-state index is -0.135. The van der Waals surface area contributed by atoms with Gasteiger partial charge in [0.1, 0.15) is 11.2 Å². The Bertz CT molecular complexity index is 3780. The van der Waals surface area contributed by atoms with E-state index in [4.69, 9.17) is 4.42 Å². The maximum Gasteiger partial charge on any atom is 0.143 e. The number of anilines is 3. The molecular formula is C63H44N2O. The van der Waals surface area contributed by atoms with Crippen molar-refractivity contribution < 1.29 is 4.42 Å². The molecule has 0 radical (unpaired) electrons. The lowest BCUT2D eigenvalue weighted by atomic mass is 9.82. The third-order valence-electron chi connectivity index (χ3n) is 14.0. The van der Waals surface area contributed by atoms with Crippen molar-refractivity contribution >= 4 is 60.8 Å². The fourth-order valence-corrected chi connectivity index (χ4v) is 10.8. The average Bonchev–Trinajstić information content (AvgIpc) is 4.00. The molecule has 13 rings (SSSR count). The average molecular weight is 845 g/mol. The van der Waals surface area contributed by atoms with Gasteiger partial charge in [0.2, 0.25) is 0 Å². The van der Waals surface area contributed by atoms with Gasteiger partial charge in [0.25, 0.3) is 0 Å². The van der Waals surface area contributed by atoms with Crippen LogP contribution in [0.25, 0.3) is 93.9 Å². The van der Waals surface area contributed by atoms with Crippen LogP contribution >= 0.6 is 0 Å². The fraction of sp³-hybridized carbons (Fsp3) is 0.0476. The Balaban J connectivity index is 0.929. The molecule has 2 heterocycles. The highest BCUT2D eigenvalue weighted by Crippen LogP contribution is 2.51. The van der Waals surface area contributed by atoms with Crippen molar-refractivity contribution in [3.05, 3.63) is 242 Å². The summed E-state index contributed by atoms with van der Waals surface area (Å²) in [5.41, 5.74) is 20.6. The fourth-order valence-electron chi connectivity index (χ4n) is 10.8. The summed E-state index contributed by atoms with van der Waals surface area (Å²) in [6, 6.07) is 83.7. The number of furan rings is 1. The van der Waals surface area contributed by atoms with Gasteiger partial charge in [-0.1, -0.05) is 190 Å². The molecule has 0 saturated carbocycles. The molecule has 0 bridgehead atoms. The van der Waals surface area contributed by atoms with Gasteiger partial charge in [-0.25, -0.2) is 0 Å². The molecule has 1 aliphatic carbocycles. The third-order valence-corrected chi connectivity index (χ3v) is 14.0. The first-order valence-corrected chi connectivity index (χ1v) is 22.8. The minimum absolute atomic E-state index is 0.135. The van der Waals surface area contributed by atoms with Crippen LogP contribution in [0.2, 0.25) is 0 Å². The quantitative estimate of drug-likeness (QED) is 0.159. The van der Waals surface area contributed by atoms with Gasteiger partial charge in [0, 0.05) is 60.7 Å². The van der Waals surface area contributed by atoms with E-state index in [0.717, 1.165) is 72.5 Å². The van der Waals surface area contributed by atoms with Gasteiger partial charge in [-0.3, -0.25) is 0 Å². The number of hydrogen-bond acceptors (Lipinski definition) is 2. The summed E-state index contributed by atoms with van der Waals surface area (Å²) >= 11 is 0. The van der Waals surface area contributed by atoms with E-state index < -0.39 is 0 Å². The standard InChI is InChI=1S/C63H44N2O/c1-63(2)56-26-10-6-19-50(56)51-39-38-46(40-57(51)63)64(44-34-30-42(31-35-44)47-18-7-11-27-58(47)65-59-28-12-8-20-52(59)53-21-9-13-29-60(53)65)45-36-32-43(33-37-45)49-23-15-25-55-54-24-14-22-48(61(54)66-62(49)55)41-16-4-3-5-17-41/h3-40H,1-2H3. The molecule has 0 saturated heterocycles. The van der Waals surface area contributed by atoms with Crippen LogP contribution in [0, 0.1) is 0 Å². The van der Waals surface area contributed by atoms with Crippen molar-refractivity contribution in [3.63, 3.8) is 0 Å². The molecule has 2 aromatic heterocycles. The minimum Gasteiger partial charge on any atom is -0.455 e. The Morgan fingerprint density at radius 3 is 1.44 bits per heavy atom. The molecule has 3 heteroatoms. The van der Waals surface area contributed by atoms with Gasteiger partial charge in [0.15, 0.2) is 0 Å². The predicted molar refractivity (Wildman–Crippen MR) is 277 cm³/mol. The van der Waals surface area contributed by atoms with Crippen molar-refractivity contribution in [1.82, 2.24) is 4.57 Å². The topological polar surface area (TPSA) is 21.3 Å². The number of para-hydroxylation sites is 5. The van der Waals surface area contributed by atoms with E-state index in [1.54, 1.807) is 0 Å². The van der Waals surface area contributed by atoms with E-state index in [1.165, 1.54) is 49.6 Å². The van der Waals surface area contributed by atoms with Gasteiger partial charge in [-0.2, -0.15) is 0 Å². The third kappa shape index (κ3) is 5.83. The van der Waals surface area contributed by atoms with E-state index in [2.05, 4.69) is 254 Å². The summed E-state index contributed by atoms with van der Waals surface area (Å²) in [6.45, 7) is 4.71. The van der Waals surface area contributed by atoms with Crippen LogP contribution < -0.4 is 4.90 Å². The second-order valence-electron chi connectivity index (χ2n) is 18.0. The van der Waals surface area contributed by atoms with Crippen LogP contribution in [0.1, 0.15) is 25.0 Å². The molecule has 10 aromatic carbocycles. The van der Waals surface area contributed by atoms with E-state index >= 15 is 0 Å². The van der Waals surface area contributed by atoms with Crippen molar-refractivity contribution in [2.24, 2.45) is 0 Å². The second-order valence-corrected chi connectivity index (χ2v) is 18.0. The molecule has 0 unspecified atom stereocenters. The van der Waals surface area contributed by atoms with Gasteiger partial charge in [-0.15, -0.1) is 0 Å². The molecule has 0 amide bonds. The Labute approximate surface area is 384 Å². The summed E-state index contributed by atoms with van der Waals surface area (Å²) in [6.07, 6.45) is 0. The number of aromatic nitrogens is 1. The van der Waals surface area contributed by atoms with Gasteiger partial charge in [-0.05, 0) is 93.5 Å². The number of nitrogens with zero attached hydrogens (tertiary/aromatic N) is 2. The van der Waals surface area contributed by atoms with Crippen molar-refractivity contribution in [2.45, 2.75) is 19.3 Å². The van der Waals surface area contributed by atoms with Crippen molar-refractivity contribution in [3.8, 4) is 50.2 Å². The van der Waals surface area contributed by atoms with E-state index in [1.807, 2.05) is 0 Å². The summed E-state index contributed by atoms with van der Waals surface area (Å²) in [5, 5.41) is 4.75. The summed E-state index contributed by atoms with van der Waals surface area (Å²) in [7, 11) is 0. The maximum atomic E-state index is 6.84. The number of rotatable bonds is 7. The monoisotopic (exact) mass is 844 g/mol. The first kappa shape index (κ1) is 38.1. The van der Waals surface area contributed by atoms with E-state index in [0.29, 0.717) is 0 Å². The Morgan fingerprint density at radius 1 is 0.348 bits per heavy atom. The lowest BCUT2D eigenvalue weighted by Crippen LogP contribution is -2.16. The highest BCUT2D eigenvalue weighted by molar-refractivity contribution is 6.13. The zero-order valence-electron chi connectivity index (χ0n) is 36.7. The van der Waals surface area contributed by atoms with Crippen LogP contribution in [-0.2, 0) is 5.41 Å². The van der Waals surface area contributed by atoms with Crippen molar-refractivity contribution in [1.29, 1.82) is 0 Å². The molecule has 66 heavy (non-hydrogen) atoms. The number of benzene rings is 10. The summed E-state index contributed by atoms with van der Waals surface area (Å²) in [5.74, 6) is 0. The molecule has 1 aliphatic rings.